The first-order valence-corrected chi connectivity index (χ1v) is 9.95. The molecule has 0 spiro atoms. The number of alkyl halides is 1. The van der Waals surface area contributed by atoms with Crippen LogP contribution < -0.4 is 5.46 Å². The molecule has 2 nitrogen and oxygen atoms in total. The zero-order chi connectivity index (χ0) is 17.9. The minimum Gasteiger partial charge on any atom is -0.255 e. The Hall–Kier alpha value is -2.21. The van der Waals surface area contributed by atoms with E-state index in [1.807, 2.05) is 24.4 Å². The monoisotopic (exact) mass is 448 g/mol. The van der Waals surface area contributed by atoms with Crippen LogP contribution in [0.5, 0.6) is 0 Å². The predicted molar refractivity (Wildman–Crippen MR) is 120 cm³/mol. The molecule has 0 saturated carbocycles. The number of allylic oxidation sites excluding steroid dienone is 4. The fraction of sp³-hybridized carbons (Fsp3) is 0.0909. The third-order valence-electron chi connectivity index (χ3n) is 4.57. The summed E-state index contributed by atoms with van der Waals surface area (Å²) < 4.78 is 0.398. The minimum absolute atomic E-state index is 0.272. The number of halogens is 1. The number of hydrogen-bond acceptors (Lipinski definition) is 2. The maximum atomic E-state index is 4.97. The van der Waals surface area contributed by atoms with Crippen molar-refractivity contribution in [2.45, 2.75) is 9.84 Å². The molecule has 3 aromatic rings. The van der Waals surface area contributed by atoms with Gasteiger partial charge in [0.25, 0.3) is 0 Å². The normalized spacial score (nSPS) is 18.8. The summed E-state index contributed by atoms with van der Waals surface area (Å²) >= 11 is 2.49. The van der Waals surface area contributed by atoms with Crippen LogP contribution in [0.1, 0.15) is 11.6 Å². The van der Waals surface area contributed by atoms with Gasteiger partial charge in [0.15, 0.2) is 0 Å². The van der Waals surface area contributed by atoms with E-state index >= 15 is 0 Å². The topological polar surface area (TPSA) is 25.8 Å². The molecule has 2 heterocycles. The van der Waals surface area contributed by atoms with E-state index in [4.69, 9.17) is 4.98 Å². The van der Waals surface area contributed by atoms with Gasteiger partial charge in [-0.1, -0.05) is 82.7 Å². The molecule has 2 aromatic heterocycles. The molecule has 2 unspecified atom stereocenters. The van der Waals surface area contributed by atoms with E-state index < -0.39 is 0 Å². The summed E-state index contributed by atoms with van der Waals surface area (Å²) in [6.45, 7) is 0. The van der Waals surface area contributed by atoms with Crippen LogP contribution in [0, 0.1) is 0 Å². The first-order valence-electron chi connectivity index (χ1n) is 8.70. The Labute approximate surface area is 168 Å². The van der Waals surface area contributed by atoms with Crippen molar-refractivity contribution in [1.82, 2.24) is 9.97 Å². The van der Waals surface area contributed by atoms with E-state index in [1.165, 1.54) is 16.6 Å². The molecule has 126 valence electrons. The summed E-state index contributed by atoms with van der Waals surface area (Å²) in [6.07, 6.45) is 10.5. The molecular weight excluding hydrogens is 430 g/mol. The lowest BCUT2D eigenvalue weighted by Gasteiger charge is -2.20. The molecule has 4 heteroatoms. The summed E-state index contributed by atoms with van der Waals surface area (Å²) in [5.74, 6) is 0.272. The van der Waals surface area contributed by atoms with Gasteiger partial charge >= 0.3 is 0 Å². The second-order valence-electron chi connectivity index (χ2n) is 6.49. The molecule has 0 saturated heterocycles. The standard InChI is InChI=1S/C22H18BIN2/c23-17-10-8-15(9-11-17)16-13-21(18-5-1-2-6-19(18)24)26-22(14-16)20-7-3-4-12-25-20/h1-14,18-19H,23H2. The second-order valence-corrected chi connectivity index (χ2v) is 7.93. The van der Waals surface area contributed by atoms with Crippen LogP contribution in [-0.2, 0) is 0 Å². The molecule has 0 N–H and O–H groups in total. The van der Waals surface area contributed by atoms with Gasteiger partial charge in [-0.15, -0.1) is 0 Å². The molecule has 0 aliphatic heterocycles. The highest BCUT2D eigenvalue weighted by Crippen LogP contribution is 2.33. The van der Waals surface area contributed by atoms with E-state index in [9.17, 15) is 0 Å². The van der Waals surface area contributed by atoms with Crippen molar-refractivity contribution in [2.75, 3.05) is 0 Å². The third kappa shape index (κ3) is 3.65. The van der Waals surface area contributed by atoms with Crippen LogP contribution in [-0.4, -0.2) is 21.7 Å². The van der Waals surface area contributed by atoms with E-state index in [-0.39, 0.29) is 5.92 Å². The van der Waals surface area contributed by atoms with Gasteiger partial charge in [0.1, 0.15) is 7.85 Å². The molecule has 0 fully saturated rings. The minimum atomic E-state index is 0.272. The Morgan fingerprint density at radius 1 is 0.846 bits per heavy atom. The number of nitrogens with zero attached hydrogens (tertiary/aromatic N) is 2. The fourth-order valence-corrected chi connectivity index (χ4v) is 3.97. The largest absolute Gasteiger partial charge is 0.255 e. The SMILES string of the molecule is Bc1ccc(-c2cc(-c3ccccn3)nc(C3C=CC=CC3I)c2)cc1. The highest BCUT2D eigenvalue weighted by molar-refractivity contribution is 14.1. The number of hydrogen-bond donors (Lipinski definition) is 0. The highest BCUT2D eigenvalue weighted by Gasteiger charge is 2.21. The lowest BCUT2D eigenvalue weighted by molar-refractivity contribution is 0.852. The second kappa shape index (κ2) is 7.58. The molecule has 4 rings (SSSR count). The summed E-state index contributed by atoms with van der Waals surface area (Å²) in [4.78, 5) is 9.48. The van der Waals surface area contributed by atoms with Gasteiger partial charge in [-0.25, -0.2) is 0 Å². The molecule has 1 aliphatic rings. The Bertz CT molecular complexity index is 965. The molecular formula is C22H18BIN2. The Morgan fingerprint density at radius 2 is 1.65 bits per heavy atom. The van der Waals surface area contributed by atoms with Crippen LogP contribution >= 0.6 is 22.6 Å². The van der Waals surface area contributed by atoms with E-state index in [0.717, 1.165) is 17.1 Å². The van der Waals surface area contributed by atoms with E-state index in [1.54, 1.807) is 0 Å². The molecule has 0 amide bonds. The number of benzene rings is 1. The van der Waals surface area contributed by atoms with Crippen molar-refractivity contribution in [2.24, 2.45) is 0 Å². The molecule has 26 heavy (non-hydrogen) atoms. The summed E-state index contributed by atoms with van der Waals surface area (Å²) in [6, 6.07) is 19.0. The zero-order valence-electron chi connectivity index (χ0n) is 14.5. The van der Waals surface area contributed by atoms with Crippen molar-refractivity contribution in [1.29, 1.82) is 0 Å². The van der Waals surface area contributed by atoms with Crippen molar-refractivity contribution in [3.8, 4) is 22.5 Å². The maximum Gasteiger partial charge on any atom is 0.139 e. The Morgan fingerprint density at radius 3 is 2.38 bits per heavy atom. The quantitative estimate of drug-likeness (QED) is 0.343. The van der Waals surface area contributed by atoms with Gasteiger partial charge in [0.05, 0.1) is 11.4 Å². The van der Waals surface area contributed by atoms with Crippen molar-refractivity contribution >= 4 is 35.9 Å². The van der Waals surface area contributed by atoms with Gasteiger partial charge in [0, 0.05) is 21.7 Å². The Kier molecular flexibility index (Phi) is 5.02. The first-order chi connectivity index (χ1) is 12.7. The van der Waals surface area contributed by atoms with Crippen LogP contribution in [0.15, 0.2) is 85.1 Å². The van der Waals surface area contributed by atoms with Crippen molar-refractivity contribution in [3.05, 3.63) is 90.8 Å². The van der Waals surface area contributed by atoms with E-state index in [2.05, 4.69) is 96.1 Å². The van der Waals surface area contributed by atoms with Crippen LogP contribution in [0.2, 0.25) is 0 Å². The fourth-order valence-electron chi connectivity index (χ4n) is 3.12. The summed E-state index contributed by atoms with van der Waals surface area (Å²) in [5.41, 5.74) is 6.57. The lowest BCUT2D eigenvalue weighted by atomic mass is 9.91. The van der Waals surface area contributed by atoms with Crippen molar-refractivity contribution in [3.63, 3.8) is 0 Å². The van der Waals surface area contributed by atoms with Crippen LogP contribution in [0.3, 0.4) is 0 Å². The lowest BCUT2D eigenvalue weighted by Crippen LogP contribution is -2.12. The molecule has 0 radical (unpaired) electrons. The predicted octanol–water partition coefficient (Wildman–Crippen LogP) is 4.08. The zero-order valence-corrected chi connectivity index (χ0v) is 16.7. The maximum absolute atomic E-state index is 4.97. The van der Waals surface area contributed by atoms with Gasteiger partial charge in [-0.2, -0.15) is 0 Å². The van der Waals surface area contributed by atoms with Gasteiger partial charge < -0.3 is 0 Å². The van der Waals surface area contributed by atoms with E-state index in [0.29, 0.717) is 3.92 Å². The summed E-state index contributed by atoms with van der Waals surface area (Å²) in [7, 11) is 2.11. The molecule has 0 bridgehead atoms. The average Bonchev–Trinajstić information content (AvgIpc) is 2.69. The number of rotatable bonds is 3. The van der Waals surface area contributed by atoms with Gasteiger partial charge in [-0.05, 0) is 35.4 Å². The number of aromatic nitrogens is 2. The van der Waals surface area contributed by atoms with Gasteiger partial charge in [0.2, 0.25) is 0 Å². The van der Waals surface area contributed by atoms with Crippen LogP contribution in [0.25, 0.3) is 22.5 Å². The third-order valence-corrected chi connectivity index (χ3v) is 5.76. The molecule has 2 atom stereocenters. The summed E-state index contributed by atoms with van der Waals surface area (Å²) in [5, 5.41) is 0. The molecule has 1 aromatic carbocycles. The first kappa shape index (κ1) is 17.2. The smallest absolute Gasteiger partial charge is 0.139 e. The average molecular weight is 448 g/mol. The Balaban J connectivity index is 1.86. The van der Waals surface area contributed by atoms with Gasteiger partial charge in [-0.3, -0.25) is 9.97 Å². The highest BCUT2D eigenvalue weighted by atomic mass is 127. The number of pyridine rings is 2. The van der Waals surface area contributed by atoms with Crippen molar-refractivity contribution < 1.29 is 0 Å². The molecule has 1 aliphatic carbocycles. The van der Waals surface area contributed by atoms with Crippen LogP contribution in [0.4, 0.5) is 0 Å².